The number of rotatable bonds is 2. The Morgan fingerprint density at radius 3 is 3.07 bits per heavy atom. The van der Waals surface area contributed by atoms with Crippen molar-refractivity contribution in [3.63, 3.8) is 0 Å². The number of ether oxygens (including phenoxy) is 1. The van der Waals surface area contributed by atoms with Crippen molar-refractivity contribution in [1.29, 1.82) is 0 Å². The Hall–Kier alpha value is -1.48. The van der Waals surface area contributed by atoms with Crippen molar-refractivity contribution in [2.75, 3.05) is 7.11 Å². The van der Waals surface area contributed by atoms with Gasteiger partial charge in [-0.2, -0.15) is 0 Å². The lowest BCUT2D eigenvalue weighted by Gasteiger charge is -1.97. The second-order valence-electron chi connectivity index (χ2n) is 3.26. The monoisotopic (exact) mass is 223 g/mol. The Morgan fingerprint density at radius 1 is 1.53 bits per heavy atom. The molecular weight excluding hydrogens is 214 g/mol. The average Bonchev–Trinajstić information content (AvgIpc) is 2.60. The third kappa shape index (κ3) is 1.97. The summed E-state index contributed by atoms with van der Waals surface area (Å²) in [5.41, 5.74) is 1.86. The van der Waals surface area contributed by atoms with Gasteiger partial charge in [-0.1, -0.05) is 17.7 Å². The van der Waals surface area contributed by atoms with Crippen LogP contribution in [0, 0.1) is 0 Å². The molecular formula is C11H10ClNO2. The number of carbonyl (C=O) groups excluding carboxylic acids is 1. The fourth-order valence-corrected chi connectivity index (χ4v) is 1.70. The lowest BCUT2D eigenvalue weighted by atomic mass is 10.1. The van der Waals surface area contributed by atoms with Crippen LogP contribution in [0.25, 0.3) is 10.9 Å². The average molecular weight is 224 g/mol. The van der Waals surface area contributed by atoms with Crippen molar-refractivity contribution in [1.82, 2.24) is 4.98 Å². The molecule has 0 amide bonds. The summed E-state index contributed by atoms with van der Waals surface area (Å²) in [6.07, 6.45) is 2.08. The molecule has 1 heterocycles. The number of hydrogen-bond donors (Lipinski definition) is 1. The molecule has 0 unspecified atom stereocenters. The molecule has 0 atom stereocenters. The minimum absolute atomic E-state index is 0.245. The van der Waals surface area contributed by atoms with E-state index in [1.54, 1.807) is 12.3 Å². The number of halogens is 1. The number of benzene rings is 1. The number of esters is 1. The molecule has 0 aliphatic rings. The first-order chi connectivity index (χ1) is 7.20. The maximum atomic E-state index is 11.1. The van der Waals surface area contributed by atoms with Gasteiger partial charge in [0.1, 0.15) is 0 Å². The lowest BCUT2D eigenvalue weighted by molar-refractivity contribution is -0.139. The highest BCUT2D eigenvalue weighted by atomic mass is 35.5. The van der Waals surface area contributed by atoms with Crippen LogP contribution in [-0.2, 0) is 16.0 Å². The van der Waals surface area contributed by atoms with E-state index in [9.17, 15) is 4.79 Å². The van der Waals surface area contributed by atoms with E-state index in [1.165, 1.54) is 7.11 Å². The molecule has 0 spiro atoms. The van der Waals surface area contributed by atoms with Crippen molar-refractivity contribution in [2.24, 2.45) is 0 Å². The lowest BCUT2D eigenvalue weighted by Crippen LogP contribution is -2.03. The maximum Gasteiger partial charge on any atom is 0.310 e. The van der Waals surface area contributed by atoms with Gasteiger partial charge in [-0.05, 0) is 17.7 Å². The number of aromatic nitrogens is 1. The summed E-state index contributed by atoms with van der Waals surface area (Å²) in [7, 11) is 1.38. The molecule has 1 aromatic heterocycles. The van der Waals surface area contributed by atoms with Crippen LogP contribution >= 0.6 is 11.6 Å². The van der Waals surface area contributed by atoms with E-state index in [1.807, 2.05) is 12.1 Å². The van der Waals surface area contributed by atoms with E-state index in [-0.39, 0.29) is 12.4 Å². The van der Waals surface area contributed by atoms with Gasteiger partial charge >= 0.3 is 5.97 Å². The van der Waals surface area contributed by atoms with Crippen molar-refractivity contribution in [3.05, 3.63) is 35.0 Å². The highest BCUT2D eigenvalue weighted by molar-refractivity contribution is 6.31. The van der Waals surface area contributed by atoms with Crippen LogP contribution < -0.4 is 0 Å². The Bertz CT molecular complexity index is 504. The van der Waals surface area contributed by atoms with Crippen LogP contribution in [0.15, 0.2) is 24.4 Å². The number of aromatic amines is 1. The third-order valence-electron chi connectivity index (χ3n) is 2.29. The van der Waals surface area contributed by atoms with E-state index in [0.29, 0.717) is 5.02 Å². The first-order valence-corrected chi connectivity index (χ1v) is 4.91. The molecule has 0 aliphatic carbocycles. The summed E-state index contributed by atoms with van der Waals surface area (Å²) in [5.74, 6) is -0.245. The molecule has 2 rings (SSSR count). The Kier molecular flexibility index (Phi) is 2.64. The largest absolute Gasteiger partial charge is 0.469 e. The zero-order valence-electron chi connectivity index (χ0n) is 8.21. The standard InChI is InChI=1S/C11H10ClNO2/c1-15-11(14)4-7-6-13-10-5-8(12)2-3-9(7)10/h2-3,5-6,13H,4H2,1H3. The van der Waals surface area contributed by atoms with Gasteiger partial charge in [0.2, 0.25) is 0 Å². The molecule has 0 saturated carbocycles. The minimum atomic E-state index is -0.245. The zero-order valence-corrected chi connectivity index (χ0v) is 8.97. The van der Waals surface area contributed by atoms with Gasteiger partial charge in [0.25, 0.3) is 0 Å². The summed E-state index contributed by atoms with van der Waals surface area (Å²) in [6.45, 7) is 0. The van der Waals surface area contributed by atoms with Crippen LogP contribution in [0.1, 0.15) is 5.56 Å². The van der Waals surface area contributed by atoms with Crippen molar-refractivity contribution < 1.29 is 9.53 Å². The minimum Gasteiger partial charge on any atom is -0.469 e. The predicted molar refractivity (Wildman–Crippen MR) is 59.0 cm³/mol. The van der Waals surface area contributed by atoms with E-state index >= 15 is 0 Å². The van der Waals surface area contributed by atoms with Gasteiger partial charge in [-0.3, -0.25) is 4.79 Å². The Balaban J connectivity index is 2.41. The van der Waals surface area contributed by atoms with Crippen molar-refractivity contribution in [3.8, 4) is 0 Å². The van der Waals surface area contributed by atoms with Gasteiger partial charge in [0.05, 0.1) is 13.5 Å². The second kappa shape index (κ2) is 3.95. The summed E-state index contributed by atoms with van der Waals surface area (Å²) in [4.78, 5) is 14.2. The maximum absolute atomic E-state index is 11.1. The normalized spacial score (nSPS) is 10.5. The second-order valence-corrected chi connectivity index (χ2v) is 3.69. The number of H-pyrrole nitrogens is 1. The number of fused-ring (bicyclic) bond motifs is 1. The molecule has 1 aromatic carbocycles. The quantitative estimate of drug-likeness (QED) is 0.795. The fourth-order valence-electron chi connectivity index (χ4n) is 1.53. The van der Waals surface area contributed by atoms with Gasteiger partial charge in [-0.25, -0.2) is 0 Å². The van der Waals surface area contributed by atoms with Gasteiger partial charge < -0.3 is 9.72 Å². The van der Waals surface area contributed by atoms with Gasteiger partial charge in [0.15, 0.2) is 0 Å². The number of nitrogens with one attached hydrogen (secondary N) is 1. The highest BCUT2D eigenvalue weighted by Crippen LogP contribution is 2.22. The Morgan fingerprint density at radius 2 is 2.33 bits per heavy atom. The van der Waals surface area contributed by atoms with Crippen molar-refractivity contribution in [2.45, 2.75) is 6.42 Å². The van der Waals surface area contributed by atoms with Crippen molar-refractivity contribution >= 4 is 28.5 Å². The number of hydrogen-bond acceptors (Lipinski definition) is 2. The molecule has 3 nitrogen and oxygen atoms in total. The molecule has 0 fully saturated rings. The predicted octanol–water partition coefficient (Wildman–Crippen LogP) is 2.54. The number of methoxy groups -OCH3 is 1. The third-order valence-corrected chi connectivity index (χ3v) is 2.53. The van der Waals surface area contributed by atoms with E-state index in [0.717, 1.165) is 16.5 Å². The van der Waals surface area contributed by atoms with Crippen LogP contribution in [0.5, 0.6) is 0 Å². The number of carbonyl (C=O) groups is 1. The molecule has 0 aliphatic heterocycles. The molecule has 1 N–H and O–H groups in total. The van der Waals surface area contributed by atoms with E-state index < -0.39 is 0 Å². The SMILES string of the molecule is COC(=O)Cc1c[nH]c2cc(Cl)ccc12. The topological polar surface area (TPSA) is 42.1 Å². The van der Waals surface area contributed by atoms with E-state index in [4.69, 9.17) is 11.6 Å². The summed E-state index contributed by atoms with van der Waals surface area (Å²) < 4.78 is 4.62. The first-order valence-electron chi connectivity index (χ1n) is 4.53. The summed E-state index contributed by atoms with van der Waals surface area (Å²) >= 11 is 5.85. The van der Waals surface area contributed by atoms with Crippen LogP contribution in [0.4, 0.5) is 0 Å². The molecule has 4 heteroatoms. The van der Waals surface area contributed by atoms with Crippen LogP contribution in [-0.4, -0.2) is 18.1 Å². The zero-order chi connectivity index (χ0) is 10.8. The highest BCUT2D eigenvalue weighted by Gasteiger charge is 2.08. The molecule has 15 heavy (non-hydrogen) atoms. The van der Waals surface area contributed by atoms with Crippen LogP contribution in [0.2, 0.25) is 5.02 Å². The smallest absolute Gasteiger partial charge is 0.310 e. The fraction of sp³-hybridized carbons (Fsp3) is 0.182. The van der Waals surface area contributed by atoms with Crippen LogP contribution in [0.3, 0.4) is 0 Å². The van der Waals surface area contributed by atoms with E-state index in [2.05, 4.69) is 9.72 Å². The Labute approximate surface area is 92.0 Å². The summed E-state index contributed by atoms with van der Waals surface area (Å²) in [5, 5.41) is 1.68. The van der Waals surface area contributed by atoms with Gasteiger partial charge in [0, 0.05) is 22.1 Å². The molecule has 2 aromatic rings. The first kappa shape index (κ1) is 10.1. The molecule has 0 radical (unpaired) electrons. The van der Waals surface area contributed by atoms with Gasteiger partial charge in [-0.15, -0.1) is 0 Å². The molecule has 78 valence electrons. The molecule has 0 saturated heterocycles. The molecule has 0 bridgehead atoms. The summed E-state index contributed by atoms with van der Waals surface area (Å²) in [6, 6.07) is 5.53.